The zero-order valence-electron chi connectivity index (χ0n) is 12.7. The number of aryl methyl sites for hydroxylation is 1. The molecule has 0 radical (unpaired) electrons. The van der Waals surface area contributed by atoms with Gasteiger partial charge >= 0.3 is 0 Å². The number of rotatable bonds is 7. The molecule has 0 unspecified atom stereocenters. The molecule has 0 saturated heterocycles. The van der Waals surface area contributed by atoms with E-state index in [-0.39, 0.29) is 5.41 Å². The van der Waals surface area contributed by atoms with Crippen LogP contribution in [0.5, 0.6) is 0 Å². The highest BCUT2D eigenvalue weighted by molar-refractivity contribution is 7.89. The summed E-state index contributed by atoms with van der Waals surface area (Å²) in [6, 6.07) is 0. The van der Waals surface area contributed by atoms with Crippen LogP contribution in [0.3, 0.4) is 0 Å². The largest absolute Gasteiger partial charge is 0.329 e. The molecular formula is C14H24N4O2S. The van der Waals surface area contributed by atoms with Gasteiger partial charge in [0.25, 0.3) is 0 Å². The molecule has 6 nitrogen and oxygen atoms in total. The van der Waals surface area contributed by atoms with Crippen LogP contribution in [-0.4, -0.2) is 31.3 Å². The monoisotopic (exact) mass is 312 g/mol. The minimum Gasteiger partial charge on any atom is -0.329 e. The first-order chi connectivity index (χ1) is 9.89. The molecule has 0 aromatic carbocycles. The Bertz CT molecular complexity index is 642. The van der Waals surface area contributed by atoms with Gasteiger partial charge in [-0.15, -0.1) is 0 Å². The van der Waals surface area contributed by atoms with Crippen LogP contribution < -0.4 is 10.5 Å². The lowest BCUT2D eigenvalue weighted by Gasteiger charge is -2.15. The third-order valence-electron chi connectivity index (χ3n) is 4.87. The van der Waals surface area contributed by atoms with Gasteiger partial charge in [-0.25, -0.2) is 13.1 Å². The molecule has 2 aliphatic rings. The summed E-state index contributed by atoms with van der Waals surface area (Å²) in [4.78, 5) is 0.322. The lowest BCUT2D eigenvalue weighted by molar-refractivity contribution is 0.431. The van der Waals surface area contributed by atoms with Crippen molar-refractivity contribution in [3.63, 3.8) is 0 Å². The number of hydrogen-bond acceptors (Lipinski definition) is 4. The van der Waals surface area contributed by atoms with E-state index in [1.807, 2.05) is 0 Å². The minimum atomic E-state index is -3.49. The van der Waals surface area contributed by atoms with Gasteiger partial charge in [0.05, 0.1) is 17.9 Å². The number of nitrogens with two attached hydrogens (primary N) is 1. The summed E-state index contributed by atoms with van der Waals surface area (Å²) in [5.74, 6) is 0.738. The molecule has 7 heteroatoms. The third-order valence-corrected chi connectivity index (χ3v) is 6.53. The molecule has 0 amide bonds. The van der Waals surface area contributed by atoms with Crippen LogP contribution in [0.25, 0.3) is 0 Å². The summed E-state index contributed by atoms with van der Waals surface area (Å²) in [6.07, 6.45) is 4.83. The summed E-state index contributed by atoms with van der Waals surface area (Å²) < 4.78 is 29.7. The normalized spacial score (nSPS) is 20.7. The Balaban J connectivity index is 1.78. The van der Waals surface area contributed by atoms with E-state index in [1.54, 1.807) is 18.5 Å². The van der Waals surface area contributed by atoms with Gasteiger partial charge in [0.1, 0.15) is 4.90 Å². The SMILES string of the molecule is Cc1nn(CCN)c(C)c1S(=O)(=O)NCC1(C2CC2)CC1. The molecular weight excluding hydrogens is 288 g/mol. The van der Waals surface area contributed by atoms with Crippen LogP contribution in [0.1, 0.15) is 37.1 Å². The van der Waals surface area contributed by atoms with Crippen molar-refractivity contribution in [3.05, 3.63) is 11.4 Å². The molecule has 2 saturated carbocycles. The highest BCUT2D eigenvalue weighted by atomic mass is 32.2. The summed E-state index contributed by atoms with van der Waals surface area (Å²) in [5.41, 5.74) is 7.00. The van der Waals surface area contributed by atoms with Crippen molar-refractivity contribution >= 4 is 10.0 Å². The fraction of sp³-hybridized carbons (Fsp3) is 0.786. The lowest BCUT2D eigenvalue weighted by atomic mass is 10.0. The van der Waals surface area contributed by atoms with Gasteiger partial charge in [0, 0.05) is 13.1 Å². The number of nitrogens with zero attached hydrogens (tertiary/aromatic N) is 2. The van der Waals surface area contributed by atoms with Crippen molar-refractivity contribution in [2.45, 2.75) is 51.0 Å². The molecule has 0 aliphatic heterocycles. The second-order valence-electron chi connectivity index (χ2n) is 6.47. The molecule has 2 fully saturated rings. The summed E-state index contributed by atoms with van der Waals surface area (Å²) >= 11 is 0. The Morgan fingerprint density at radius 1 is 1.38 bits per heavy atom. The molecule has 1 aromatic rings. The quantitative estimate of drug-likeness (QED) is 0.783. The van der Waals surface area contributed by atoms with Crippen LogP contribution in [0, 0.1) is 25.2 Å². The maximum Gasteiger partial charge on any atom is 0.244 e. The Kier molecular flexibility index (Phi) is 3.62. The van der Waals surface area contributed by atoms with Crippen LogP contribution in [-0.2, 0) is 16.6 Å². The van der Waals surface area contributed by atoms with Gasteiger partial charge < -0.3 is 5.73 Å². The fourth-order valence-corrected chi connectivity index (χ4v) is 4.85. The van der Waals surface area contributed by atoms with Gasteiger partial charge in [0.2, 0.25) is 10.0 Å². The lowest BCUT2D eigenvalue weighted by Crippen LogP contribution is -2.32. The van der Waals surface area contributed by atoms with Gasteiger partial charge in [-0.05, 0) is 50.9 Å². The van der Waals surface area contributed by atoms with Crippen LogP contribution in [0.4, 0.5) is 0 Å². The molecule has 0 atom stereocenters. The predicted octanol–water partition coefficient (Wildman–Crippen LogP) is 0.927. The van der Waals surface area contributed by atoms with Crippen LogP contribution in [0.2, 0.25) is 0 Å². The minimum absolute atomic E-state index is 0.252. The van der Waals surface area contributed by atoms with Crippen molar-refractivity contribution < 1.29 is 8.42 Å². The Hall–Kier alpha value is -0.920. The second kappa shape index (κ2) is 5.07. The zero-order valence-corrected chi connectivity index (χ0v) is 13.5. The number of aromatic nitrogens is 2. The van der Waals surface area contributed by atoms with E-state index in [0.717, 1.165) is 18.8 Å². The van der Waals surface area contributed by atoms with E-state index in [0.29, 0.717) is 35.9 Å². The van der Waals surface area contributed by atoms with E-state index in [9.17, 15) is 8.42 Å². The average molecular weight is 312 g/mol. The Labute approximate surface area is 126 Å². The van der Waals surface area contributed by atoms with E-state index < -0.39 is 10.0 Å². The van der Waals surface area contributed by atoms with Crippen molar-refractivity contribution in [2.75, 3.05) is 13.1 Å². The molecule has 118 valence electrons. The summed E-state index contributed by atoms with van der Waals surface area (Å²) in [5, 5.41) is 4.29. The van der Waals surface area contributed by atoms with E-state index in [2.05, 4.69) is 9.82 Å². The predicted molar refractivity (Wildman–Crippen MR) is 80.3 cm³/mol. The van der Waals surface area contributed by atoms with Gasteiger partial charge in [-0.2, -0.15) is 5.10 Å². The summed E-state index contributed by atoms with van der Waals surface area (Å²) in [7, 11) is -3.49. The first-order valence-electron chi connectivity index (χ1n) is 7.63. The average Bonchev–Trinajstić information content (AvgIpc) is 3.28. The highest BCUT2D eigenvalue weighted by Crippen LogP contribution is 2.60. The number of hydrogen-bond donors (Lipinski definition) is 2. The third kappa shape index (κ3) is 2.74. The molecule has 21 heavy (non-hydrogen) atoms. The topological polar surface area (TPSA) is 90.0 Å². The van der Waals surface area contributed by atoms with Crippen LogP contribution >= 0.6 is 0 Å². The molecule has 1 aromatic heterocycles. The molecule has 3 N–H and O–H groups in total. The van der Waals surface area contributed by atoms with E-state index >= 15 is 0 Å². The second-order valence-corrected chi connectivity index (χ2v) is 8.18. The molecule has 2 aliphatic carbocycles. The Morgan fingerprint density at radius 3 is 2.57 bits per heavy atom. The van der Waals surface area contributed by atoms with Crippen molar-refractivity contribution in [1.82, 2.24) is 14.5 Å². The molecule has 3 rings (SSSR count). The van der Waals surface area contributed by atoms with Gasteiger partial charge in [-0.1, -0.05) is 0 Å². The summed E-state index contributed by atoms with van der Waals surface area (Å²) in [6.45, 7) is 5.08. The van der Waals surface area contributed by atoms with Gasteiger partial charge in [0.15, 0.2) is 0 Å². The van der Waals surface area contributed by atoms with E-state index in [1.165, 1.54) is 12.8 Å². The smallest absolute Gasteiger partial charge is 0.244 e. The van der Waals surface area contributed by atoms with Crippen molar-refractivity contribution in [2.24, 2.45) is 17.1 Å². The number of sulfonamides is 1. The van der Waals surface area contributed by atoms with E-state index in [4.69, 9.17) is 5.73 Å². The Morgan fingerprint density at radius 2 is 2.05 bits per heavy atom. The first-order valence-corrected chi connectivity index (χ1v) is 9.12. The zero-order chi connectivity index (χ0) is 15.3. The van der Waals surface area contributed by atoms with Crippen molar-refractivity contribution in [1.29, 1.82) is 0 Å². The first kappa shape index (κ1) is 15.0. The molecule has 1 heterocycles. The fourth-order valence-electron chi connectivity index (χ4n) is 3.31. The maximum absolute atomic E-state index is 12.6. The standard InChI is InChI=1S/C14H24N4O2S/c1-10-13(11(2)18(17-10)8-7-15)21(19,20)16-9-14(5-6-14)12-3-4-12/h12,16H,3-9,15H2,1-2H3. The molecule has 0 spiro atoms. The molecule has 0 bridgehead atoms. The van der Waals surface area contributed by atoms with Crippen molar-refractivity contribution in [3.8, 4) is 0 Å². The maximum atomic E-state index is 12.6. The van der Waals surface area contributed by atoms with Crippen LogP contribution in [0.15, 0.2) is 4.90 Å². The van der Waals surface area contributed by atoms with Gasteiger partial charge in [-0.3, -0.25) is 4.68 Å². The number of nitrogens with one attached hydrogen (secondary N) is 1. The highest BCUT2D eigenvalue weighted by Gasteiger charge is 2.53.